The molecule has 1 heterocycles. The summed E-state index contributed by atoms with van der Waals surface area (Å²) in [5.74, 6) is 0.146. The molecule has 0 saturated carbocycles. The summed E-state index contributed by atoms with van der Waals surface area (Å²) >= 11 is 0. The normalized spacial score (nSPS) is 27.1. The third-order valence-corrected chi connectivity index (χ3v) is 4.02. The Hall–Kier alpha value is -0.170. The molecule has 1 fully saturated rings. The Morgan fingerprint density at radius 1 is 1.53 bits per heavy atom. The molecule has 0 aromatic heterocycles. The van der Waals surface area contributed by atoms with Crippen LogP contribution in [0.25, 0.3) is 0 Å². The van der Waals surface area contributed by atoms with E-state index in [-0.39, 0.29) is 12.3 Å². The Morgan fingerprint density at radius 3 is 2.80 bits per heavy atom. The monoisotopic (exact) mass is 236 g/mol. The average Bonchev–Trinajstić information content (AvgIpc) is 2.61. The van der Waals surface area contributed by atoms with E-state index in [9.17, 15) is 13.5 Å². The van der Waals surface area contributed by atoms with E-state index in [4.69, 9.17) is 0 Å². The molecule has 0 aromatic carbocycles. The molecule has 5 nitrogen and oxygen atoms in total. The molecule has 0 aromatic rings. The maximum absolute atomic E-state index is 11.4. The van der Waals surface area contributed by atoms with Crippen molar-refractivity contribution >= 4 is 10.0 Å². The van der Waals surface area contributed by atoms with E-state index in [1.54, 1.807) is 0 Å². The second-order valence-electron chi connectivity index (χ2n) is 4.14. The summed E-state index contributed by atoms with van der Waals surface area (Å²) in [6, 6.07) is 0. The fourth-order valence-electron chi connectivity index (χ4n) is 1.53. The first-order chi connectivity index (χ1) is 6.97. The van der Waals surface area contributed by atoms with Crippen LogP contribution in [0.4, 0.5) is 0 Å². The lowest BCUT2D eigenvalue weighted by Crippen LogP contribution is -2.44. The van der Waals surface area contributed by atoms with Gasteiger partial charge in [-0.2, -0.15) is 0 Å². The van der Waals surface area contributed by atoms with Crippen molar-refractivity contribution in [3.05, 3.63) is 0 Å². The van der Waals surface area contributed by atoms with E-state index < -0.39 is 15.6 Å². The molecule has 0 aliphatic carbocycles. The van der Waals surface area contributed by atoms with E-state index in [1.165, 1.54) is 0 Å². The molecular weight excluding hydrogens is 216 g/mol. The van der Waals surface area contributed by atoms with Gasteiger partial charge in [-0.15, -0.1) is 0 Å². The van der Waals surface area contributed by atoms with E-state index in [0.717, 1.165) is 13.0 Å². The smallest absolute Gasteiger partial charge is 0.211 e. The quantitative estimate of drug-likeness (QED) is 0.577. The minimum atomic E-state index is -3.21. The molecule has 3 N–H and O–H groups in total. The minimum absolute atomic E-state index is 0.117. The van der Waals surface area contributed by atoms with Gasteiger partial charge in [0.1, 0.15) is 0 Å². The van der Waals surface area contributed by atoms with Gasteiger partial charge in [-0.25, -0.2) is 13.1 Å². The third-order valence-electron chi connectivity index (χ3n) is 2.61. The van der Waals surface area contributed by atoms with Crippen LogP contribution in [0.15, 0.2) is 0 Å². The van der Waals surface area contributed by atoms with Gasteiger partial charge in [0.05, 0.1) is 11.4 Å². The van der Waals surface area contributed by atoms with Crippen molar-refractivity contribution in [2.45, 2.75) is 31.8 Å². The van der Waals surface area contributed by atoms with Gasteiger partial charge in [-0.05, 0) is 19.4 Å². The van der Waals surface area contributed by atoms with Crippen LogP contribution in [-0.2, 0) is 10.0 Å². The molecule has 0 amide bonds. The van der Waals surface area contributed by atoms with Gasteiger partial charge in [0.25, 0.3) is 0 Å². The Morgan fingerprint density at radius 2 is 2.27 bits per heavy atom. The van der Waals surface area contributed by atoms with Gasteiger partial charge in [-0.1, -0.05) is 13.3 Å². The summed E-state index contributed by atoms with van der Waals surface area (Å²) in [5.41, 5.74) is -0.903. The molecule has 1 rings (SSSR count). The summed E-state index contributed by atoms with van der Waals surface area (Å²) in [6.45, 7) is 3.27. The molecule has 0 spiro atoms. The van der Waals surface area contributed by atoms with E-state index in [1.807, 2.05) is 6.92 Å². The predicted molar refractivity (Wildman–Crippen MR) is 59.1 cm³/mol. The van der Waals surface area contributed by atoms with Crippen LogP contribution in [0, 0.1) is 0 Å². The SMILES string of the molecule is CCCCS(=O)(=O)NCC1(O)CCNC1. The van der Waals surface area contributed by atoms with Crippen LogP contribution in [0.2, 0.25) is 0 Å². The third kappa shape index (κ3) is 4.46. The van der Waals surface area contributed by atoms with Gasteiger partial charge < -0.3 is 10.4 Å². The van der Waals surface area contributed by atoms with E-state index in [0.29, 0.717) is 19.4 Å². The number of sulfonamides is 1. The zero-order chi connectivity index (χ0) is 11.4. The Labute approximate surface area is 91.3 Å². The molecule has 1 atom stereocenters. The van der Waals surface area contributed by atoms with Crippen molar-refractivity contribution < 1.29 is 13.5 Å². The van der Waals surface area contributed by atoms with Crippen molar-refractivity contribution in [3.63, 3.8) is 0 Å². The maximum atomic E-state index is 11.4. The Kier molecular flexibility index (Phi) is 4.51. The molecule has 6 heteroatoms. The molecule has 1 saturated heterocycles. The first-order valence-electron chi connectivity index (χ1n) is 5.38. The number of hydrogen-bond donors (Lipinski definition) is 3. The van der Waals surface area contributed by atoms with Crippen molar-refractivity contribution in [3.8, 4) is 0 Å². The van der Waals surface area contributed by atoms with Gasteiger partial charge in [0.15, 0.2) is 0 Å². The van der Waals surface area contributed by atoms with Gasteiger partial charge in [0, 0.05) is 13.1 Å². The number of β-amino-alcohol motifs (C(OH)–C–C–N with tert-alkyl or cyclic N) is 1. The lowest BCUT2D eigenvalue weighted by molar-refractivity contribution is 0.0667. The van der Waals surface area contributed by atoms with Crippen molar-refractivity contribution in [2.24, 2.45) is 0 Å². The maximum Gasteiger partial charge on any atom is 0.211 e. The highest BCUT2D eigenvalue weighted by atomic mass is 32.2. The second kappa shape index (κ2) is 5.25. The van der Waals surface area contributed by atoms with Crippen LogP contribution in [0.5, 0.6) is 0 Å². The average molecular weight is 236 g/mol. The van der Waals surface area contributed by atoms with Crippen LogP contribution in [-0.4, -0.2) is 44.5 Å². The zero-order valence-corrected chi connectivity index (χ0v) is 9.94. The first kappa shape index (κ1) is 12.9. The Bertz CT molecular complexity index is 284. The summed E-state index contributed by atoms with van der Waals surface area (Å²) in [6.07, 6.45) is 2.11. The van der Waals surface area contributed by atoms with Crippen LogP contribution >= 0.6 is 0 Å². The van der Waals surface area contributed by atoms with E-state index >= 15 is 0 Å². The number of unbranched alkanes of at least 4 members (excludes halogenated alkanes) is 1. The number of aliphatic hydroxyl groups is 1. The van der Waals surface area contributed by atoms with Crippen LogP contribution in [0.3, 0.4) is 0 Å². The lowest BCUT2D eigenvalue weighted by Gasteiger charge is -2.21. The first-order valence-corrected chi connectivity index (χ1v) is 7.03. The molecule has 0 bridgehead atoms. The summed E-state index contributed by atoms with van der Waals surface area (Å²) in [5, 5.41) is 12.9. The number of hydrogen-bond acceptors (Lipinski definition) is 4. The predicted octanol–water partition coefficient (Wildman–Crippen LogP) is -0.570. The highest BCUT2D eigenvalue weighted by Gasteiger charge is 2.31. The molecule has 90 valence electrons. The largest absolute Gasteiger partial charge is 0.387 e. The van der Waals surface area contributed by atoms with Gasteiger partial charge in [0.2, 0.25) is 10.0 Å². The van der Waals surface area contributed by atoms with Crippen molar-refractivity contribution in [1.29, 1.82) is 0 Å². The van der Waals surface area contributed by atoms with Gasteiger partial charge in [-0.3, -0.25) is 0 Å². The zero-order valence-electron chi connectivity index (χ0n) is 9.12. The summed E-state index contributed by atoms with van der Waals surface area (Å²) < 4.78 is 25.3. The standard InChI is InChI=1S/C9H20N2O3S/c1-2-3-6-15(13,14)11-8-9(12)4-5-10-7-9/h10-12H,2-8H2,1H3. The molecule has 15 heavy (non-hydrogen) atoms. The summed E-state index contributed by atoms with van der Waals surface area (Å²) in [4.78, 5) is 0. The van der Waals surface area contributed by atoms with Gasteiger partial charge >= 0.3 is 0 Å². The second-order valence-corrected chi connectivity index (χ2v) is 6.07. The molecule has 1 aliphatic rings. The minimum Gasteiger partial charge on any atom is -0.387 e. The topological polar surface area (TPSA) is 78.4 Å². The fraction of sp³-hybridized carbons (Fsp3) is 1.00. The number of rotatable bonds is 6. The highest BCUT2D eigenvalue weighted by Crippen LogP contribution is 2.13. The molecule has 1 unspecified atom stereocenters. The van der Waals surface area contributed by atoms with Crippen molar-refractivity contribution in [1.82, 2.24) is 10.0 Å². The lowest BCUT2D eigenvalue weighted by atomic mass is 10.1. The van der Waals surface area contributed by atoms with Crippen LogP contribution in [0.1, 0.15) is 26.2 Å². The Balaban J connectivity index is 2.35. The fourth-order valence-corrected chi connectivity index (χ4v) is 2.83. The van der Waals surface area contributed by atoms with Crippen molar-refractivity contribution in [2.75, 3.05) is 25.4 Å². The van der Waals surface area contributed by atoms with Crippen LogP contribution < -0.4 is 10.0 Å². The molecule has 0 radical (unpaired) electrons. The number of nitrogens with one attached hydrogen (secondary N) is 2. The molecular formula is C9H20N2O3S. The highest BCUT2D eigenvalue weighted by molar-refractivity contribution is 7.89. The molecule has 1 aliphatic heterocycles. The summed E-state index contributed by atoms with van der Waals surface area (Å²) in [7, 11) is -3.21. The van der Waals surface area contributed by atoms with E-state index in [2.05, 4.69) is 10.0 Å².